The lowest BCUT2D eigenvalue weighted by atomic mass is 9.68. The molecule has 1 unspecified atom stereocenters. The number of rotatable bonds is 6. The molecule has 80 valence electrons. The van der Waals surface area contributed by atoms with Crippen LogP contribution in [0.5, 0.6) is 0 Å². The van der Waals surface area contributed by atoms with Gasteiger partial charge in [-0.25, -0.2) is 0 Å². The summed E-state index contributed by atoms with van der Waals surface area (Å²) in [5, 5.41) is 10.4. The summed E-state index contributed by atoms with van der Waals surface area (Å²) in [6.07, 6.45) is 5.34. The van der Waals surface area contributed by atoms with Gasteiger partial charge in [0, 0.05) is 0 Å². The van der Waals surface area contributed by atoms with Crippen LogP contribution in [0.3, 0.4) is 0 Å². The molecule has 0 aromatic carbocycles. The fourth-order valence-corrected chi connectivity index (χ4v) is 1.83. The summed E-state index contributed by atoms with van der Waals surface area (Å²) in [5.74, 6) is 0. The van der Waals surface area contributed by atoms with Gasteiger partial charge in [0.15, 0.2) is 0 Å². The van der Waals surface area contributed by atoms with Crippen LogP contribution in [0.15, 0.2) is 0 Å². The van der Waals surface area contributed by atoms with Crippen molar-refractivity contribution in [1.29, 1.82) is 0 Å². The van der Waals surface area contributed by atoms with Crippen molar-refractivity contribution >= 4 is 0 Å². The molecule has 1 N–H and O–H groups in total. The first-order chi connectivity index (χ1) is 5.93. The Labute approximate surface area is 83.5 Å². The fraction of sp³-hybridized carbons (Fsp3) is 1.00. The molecule has 0 radical (unpaired) electrons. The number of hydrogen-bond acceptors (Lipinski definition) is 1. The van der Waals surface area contributed by atoms with Crippen LogP contribution in [0, 0.1) is 5.41 Å². The Morgan fingerprint density at radius 2 is 1.46 bits per heavy atom. The standard InChI is InChI=1S/C12H26O/c1-6-9-10-12(5,13)11(4,7-2)8-3/h13H,6-10H2,1-5H3. The van der Waals surface area contributed by atoms with Gasteiger partial charge in [-0.1, -0.05) is 40.5 Å². The third-order valence-corrected chi connectivity index (χ3v) is 3.88. The van der Waals surface area contributed by atoms with Crippen molar-refractivity contribution in [3.8, 4) is 0 Å². The molecule has 0 saturated carbocycles. The van der Waals surface area contributed by atoms with E-state index >= 15 is 0 Å². The molecule has 13 heavy (non-hydrogen) atoms. The highest BCUT2D eigenvalue weighted by Crippen LogP contribution is 2.40. The van der Waals surface area contributed by atoms with E-state index < -0.39 is 5.60 Å². The molecule has 0 heterocycles. The van der Waals surface area contributed by atoms with Crippen LogP contribution >= 0.6 is 0 Å². The minimum absolute atomic E-state index is 0.0855. The molecule has 1 atom stereocenters. The van der Waals surface area contributed by atoms with Crippen LogP contribution in [0.4, 0.5) is 0 Å². The zero-order valence-corrected chi connectivity index (χ0v) is 9.98. The quantitative estimate of drug-likeness (QED) is 0.669. The second-order valence-corrected chi connectivity index (χ2v) is 4.65. The smallest absolute Gasteiger partial charge is 0.0672 e. The van der Waals surface area contributed by atoms with Gasteiger partial charge in [-0.15, -0.1) is 0 Å². The van der Waals surface area contributed by atoms with E-state index in [0.717, 1.165) is 25.7 Å². The normalized spacial score (nSPS) is 17.1. The van der Waals surface area contributed by atoms with Gasteiger partial charge in [0.25, 0.3) is 0 Å². The topological polar surface area (TPSA) is 20.2 Å². The predicted molar refractivity (Wildman–Crippen MR) is 58.8 cm³/mol. The van der Waals surface area contributed by atoms with Crippen LogP contribution in [0.1, 0.15) is 66.7 Å². The Kier molecular flexibility index (Phi) is 4.98. The molecular weight excluding hydrogens is 160 g/mol. The lowest BCUT2D eigenvalue weighted by Crippen LogP contribution is -2.43. The Bertz CT molecular complexity index is 134. The van der Waals surface area contributed by atoms with Crippen LogP contribution < -0.4 is 0 Å². The van der Waals surface area contributed by atoms with Gasteiger partial charge < -0.3 is 5.11 Å². The molecule has 1 heteroatoms. The van der Waals surface area contributed by atoms with Gasteiger partial charge in [0.1, 0.15) is 0 Å². The second-order valence-electron chi connectivity index (χ2n) is 4.65. The zero-order chi connectivity index (χ0) is 10.5. The Balaban J connectivity index is 4.37. The molecule has 0 aliphatic rings. The molecule has 0 bridgehead atoms. The Hall–Kier alpha value is -0.0400. The van der Waals surface area contributed by atoms with Gasteiger partial charge in [-0.2, -0.15) is 0 Å². The molecule has 0 aliphatic carbocycles. The molecule has 0 saturated heterocycles. The van der Waals surface area contributed by atoms with Crippen molar-refractivity contribution in [2.24, 2.45) is 5.41 Å². The molecule has 0 aromatic heterocycles. The summed E-state index contributed by atoms with van der Waals surface area (Å²) in [6.45, 7) is 10.7. The number of hydrogen-bond donors (Lipinski definition) is 1. The summed E-state index contributed by atoms with van der Waals surface area (Å²) in [7, 11) is 0. The highest BCUT2D eigenvalue weighted by atomic mass is 16.3. The minimum Gasteiger partial charge on any atom is -0.390 e. The average Bonchev–Trinajstić information content (AvgIpc) is 2.13. The van der Waals surface area contributed by atoms with Gasteiger partial charge in [0.2, 0.25) is 0 Å². The molecule has 0 aromatic rings. The molecule has 0 rings (SSSR count). The molecule has 1 nitrogen and oxygen atoms in total. The summed E-state index contributed by atoms with van der Waals surface area (Å²) >= 11 is 0. The van der Waals surface area contributed by atoms with E-state index in [0.29, 0.717) is 0 Å². The number of unbranched alkanes of at least 4 members (excludes halogenated alkanes) is 1. The monoisotopic (exact) mass is 186 g/mol. The Morgan fingerprint density at radius 3 is 1.77 bits per heavy atom. The largest absolute Gasteiger partial charge is 0.390 e. The van der Waals surface area contributed by atoms with Gasteiger partial charge >= 0.3 is 0 Å². The predicted octanol–water partition coefficient (Wildman–Crippen LogP) is 3.75. The lowest BCUT2D eigenvalue weighted by Gasteiger charge is -2.42. The maximum Gasteiger partial charge on any atom is 0.0672 e. The van der Waals surface area contributed by atoms with Crippen LogP contribution in [0.2, 0.25) is 0 Å². The molecule has 0 amide bonds. The van der Waals surface area contributed by atoms with Gasteiger partial charge in [-0.05, 0) is 31.6 Å². The third kappa shape index (κ3) is 2.98. The maximum atomic E-state index is 10.4. The van der Waals surface area contributed by atoms with Crippen molar-refractivity contribution in [3.05, 3.63) is 0 Å². The molecule has 0 fully saturated rings. The third-order valence-electron chi connectivity index (χ3n) is 3.88. The van der Waals surface area contributed by atoms with E-state index in [1.54, 1.807) is 0 Å². The van der Waals surface area contributed by atoms with Crippen LogP contribution in [-0.2, 0) is 0 Å². The van der Waals surface area contributed by atoms with E-state index in [1.165, 1.54) is 6.42 Å². The van der Waals surface area contributed by atoms with Crippen molar-refractivity contribution < 1.29 is 5.11 Å². The minimum atomic E-state index is -0.494. The van der Waals surface area contributed by atoms with Crippen molar-refractivity contribution in [3.63, 3.8) is 0 Å². The van der Waals surface area contributed by atoms with Gasteiger partial charge in [0.05, 0.1) is 5.60 Å². The van der Waals surface area contributed by atoms with E-state index in [9.17, 15) is 5.11 Å². The maximum absolute atomic E-state index is 10.4. The molecule has 0 spiro atoms. The Morgan fingerprint density at radius 1 is 1.00 bits per heavy atom. The zero-order valence-electron chi connectivity index (χ0n) is 9.98. The summed E-state index contributed by atoms with van der Waals surface area (Å²) in [4.78, 5) is 0. The highest BCUT2D eigenvalue weighted by Gasteiger charge is 2.39. The van der Waals surface area contributed by atoms with Crippen molar-refractivity contribution in [2.75, 3.05) is 0 Å². The molecular formula is C12H26O. The first-order valence-electron chi connectivity index (χ1n) is 5.66. The average molecular weight is 186 g/mol. The highest BCUT2D eigenvalue weighted by molar-refractivity contribution is 4.90. The summed E-state index contributed by atoms with van der Waals surface area (Å²) < 4.78 is 0. The van der Waals surface area contributed by atoms with Crippen LogP contribution in [-0.4, -0.2) is 10.7 Å². The fourth-order valence-electron chi connectivity index (χ4n) is 1.83. The summed E-state index contributed by atoms with van der Waals surface area (Å²) in [5.41, 5.74) is -0.408. The first-order valence-corrected chi connectivity index (χ1v) is 5.66. The van der Waals surface area contributed by atoms with Crippen molar-refractivity contribution in [2.45, 2.75) is 72.3 Å². The number of aliphatic hydroxyl groups is 1. The first kappa shape index (κ1) is 13.0. The van der Waals surface area contributed by atoms with Crippen LogP contribution in [0.25, 0.3) is 0 Å². The lowest BCUT2D eigenvalue weighted by molar-refractivity contribution is -0.0731. The van der Waals surface area contributed by atoms with Crippen molar-refractivity contribution in [1.82, 2.24) is 0 Å². The SMILES string of the molecule is CCCCC(C)(O)C(C)(CC)CC. The van der Waals surface area contributed by atoms with E-state index in [2.05, 4.69) is 27.7 Å². The van der Waals surface area contributed by atoms with E-state index in [1.807, 2.05) is 6.92 Å². The van der Waals surface area contributed by atoms with E-state index in [-0.39, 0.29) is 5.41 Å². The van der Waals surface area contributed by atoms with E-state index in [4.69, 9.17) is 0 Å². The summed E-state index contributed by atoms with van der Waals surface area (Å²) in [6, 6.07) is 0. The molecule has 0 aliphatic heterocycles. The van der Waals surface area contributed by atoms with Gasteiger partial charge in [-0.3, -0.25) is 0 Å². The second kappa shape index (κ2) is 4.99.